The molecule has 0 bridgehead atoms. The molecule has 1 aliphatic heterocycles. The van der Waals surface area contributed by atoms with Crippen molar-refractivity contribution in [2.24, 2.45) is 0 Å². The highest BCUT2D eigenvalue weighted by molar-refractivity contribution is 5.98. The molecular formula is C15H17N3O3. The Hall–Kier alpha value is -2.21. The molecule has 0 unspecified atom stereocenters. The van der Waals surface area contributed by atoms with Crippen molar-refractivity contribution in [3.05, 3.63) is 40.1 Å². The average Bonchev–Trinajstić information content (AvgIpc) is 3.12. The number of benzene rings is 1. The molecule has 0 N–H and O–H groups in total. The predicted octanol–water partition coefficient (Wildman–Crippen LogP) is 2.46. The number of hydrogen-bond acceptors (Lipinski definition) is 4. The zero-order valence-corrected chi connectivity index (χ0v) is 11.7. The normalized spacial score (nSPS) is 15.6. The summed E-state index contributed by atoms with van der Waals surface area (Å²) in [5.74, 6) is 0. The number of likely N-dealkylation sites (tertiary alicyclic amines) is 1. The van der Waals surface area contributed by atoms with E-state index in [4.69, 9.17) is 0 Å². The molecule has 1 fully saturated rings. The number of rotatable bonds is 5. The van der Waals surface area contributed by atoms with Crippen molar-refractivity contribution in [1.82, 2.24) is 9.47 Å². The van der Waals surface area contributed by atoms with Crippen LogP contribution in [0.1, 0.15) is 23.2 Å². The lowest BCUT2D eigenvalue weighted by atomic mass is 10.2. The molecule has 0 spiro atoms. The van der Waals surface area contributed by atoms with Crippen LogP contribution < -0.4 is 0 Å². The summed E-state index contributed by atoms with van der Waals surface area (Å²) in [5, 5.41) is 11.7. The fourth-order valence-corrected chi connectivity index (χ4v) is 2.96. The van der Waals surface area contributed by atoms with Crippen molar-refractivity contribution in [1.29, 1.82) is 0 Å². The number of nitro groups is 1. The van der Waals surface area contributed by atoms with Gasteiger partial charge in [-0.25, -0.2) is 0 Å². The number of fused-ring (bicyclic) bond motifs is 1. The zero-order chi connectivity index (χ0) is 14.8. The van der Waals surface area contributed by atoms with Gasteiger partial charge in [0.05, 0.1) is 10.4 Å². The summed E-state index contributed by atoms with van der Waals surface area (Å²) < 4.78 is 1.95. The van der Waals surface area contributed by atoms with Gasteiger partial charge in [-0.1, -0.05) is 0 Å². The van der Waals surface area contributed by atoms with Crippen molar-refractivity contribution in [2.75, 3.05) is 19.6 Å². The number of nitrogens with zero attached hydrogens (tertiary/aromatic N) is 3. The van der Waals surface area contributed by atoms with Gasteiger partial charge in [0.2, 0.25) is 0 Å². The molecule has 110 valence electrons. The van der Waals surface area contributed by atoms with Crippen LogP contribution in [0.25, 0.3) is 10.9 Å². The highest BCUT2D eigenvalue weighted by atomic mass is 16.6. The van der Waals surface area contributed by atoms with Crippen LogP contribution in [-0.2, 0) is 6.54 Å². The van der Waals surface area contributed by atoms with Gasteiger partial charge >= 0.3 is 0 Å². The molecular weight excluding hydrogens is 270 g/mol. The number of aromatic nitrogens is 1. The Kier molecular flexibility index (Phi) is 3.70. The van der Waals surface area contributed by atoms with E-state index in [2.05, 4.69) is 4.90 Å². The molecule has 0 amide bonds. The third-order valence-corrected chi connectivity index (χ3v) is 4.09. The van der Waals surface area contributed by atoms with Crippen LogP contribution in [0.2, 0.25) is 0 Å². The fourth-order valence-electron chi connectivity index (χ4n) is 2.96. The molecule has 0 saturated carbocycles. The van der Waals surface area contributed by atoms with E-state index < -0.39 is 4.92 Å². The van der Waals surface area contributed by atoms with E-state index in [0.29, 0.717) is 5.56 Å². The predicted molar refractivity (Wildman–Crippen MR) is 79.7 cm³/mol. The highest BCUT2D eigenvalue weighted by Crippen LogP contribution is 2.25. The number of hydrogen-bond donors (Lipinski definition) is 0. The van der Waals surface area contributed by atoms with Crippen molar-refractivity contribution in [3.63, 3.8) is 0 Å². The van der Waals surface area contributed by atoms with E-state index in [1.54, 1.807) is 18.3 Å². The van der Waals surface area contributed by atoms with Gasteiger partial charge in [-0.05, 0) is 32.0 Å². The number of carbonyl (C=O) groups excluding carboxylic acids is 1. The highest BCUT2D eigenvalue weighted by Gasteiger charge is 2.15. The molecule has 1 aliphatic rings. The van der Waals surface area contributed by atoms with Crippen molar-refractivity contribution < 1.29 is 9.72 Å². The Balaban J connectivity index is 1.93. The Morgan fingerprint density at radius 3 is 2.67 bits per heavy atom. The van der Waals surface area contributed by atoms with Crippen molar-refractivity contribution in [2.45, 2.75) is 19.4 Å². The molecule has 2 heterocycles. The second kappa shape index (κ2) is 5.65. The first-order valence-corrected chi connectivity index (χ1v) is 7.14. The summed E-state index contributed by atoms with van der Waals surface area (Å²) in [6, 6.07) is 4.65. The Labute approximate surface area is 122 Å². The number of carbonyl (C=O) groups is 1. The summed E-state index contributed by atoms with van der Waals surface area (Å²) in [5.41, 5.74) is 1.40. The Bertz CT molecular complexity index is 687. The summed E-state index contributed by atoms with van der Waals surface area (Å²) in [4.78, 5) is 24.0. The summed E-state index contributed by atoms with van der Waals surface area (Å²) >= 11 is 0. The first kappa shape index (κ1) is 13.8. The van der Waals surface area contributed by atoms with Gasteiger partial charge in [-0.3, -0.25) is 14.9 Å². The summed E-state index contributed by atoms with van der Waals surface area (Å²) in [7, 11) is 0. The van der Waals surface area contributed by atoms with E-state index >= 15 is 0 Å². The SMILES string of the molecule is O=Cc1cn(CCN2CCCC2)c2cc([N+](=O)[O-])ccc12. The van der Waals surface area contributed by atoms with Crippen molar-refractivity contribution in [3.8, 4) is 0 Å². The third-order valence-electron chi connectivity index (χ3n) is 4.09. The Morgan fingerprint density at radius 2 is 2.00 bits per heavy atom. The molecule has 1 aromatic heterocycles. The minimum absolute atomic E-state index is 0.0560. The maximum atomic E-state index is 11.2. The average molecular weight is 287 g/mol. The molecule has 6 nitrogen and oxygen atoms in total. The zero-order valence-electron chi connectivity index (χ0n) is 11.7. The number of aldehydes is 1. The lowest BCUT2D eigenvalue weighted by Gasteiger charge is -2.15. The largest absolute Gasteiger partial charge is 0.345 e. The lowest BCUT2D eigenvalue weighted by Crippen LogP contribution is -2.23. The number of nitro benzene ring substituents is 1. The Morgan fingerprint density at radius 1 is 1.24 bits per heavy atom. The van der Waals surface area contributed by atoms with Crippen LogP contribution in [-0.4, -0.2) is 40.3 Å². The van der Waals surface area contributed by atoms with Crippen LogP contribution >= 0.6 is 0 Å². The van der Waals surface area contributed by atoms with E-state index in [1.807, 2.05) is 4.57 Å². The smallest absolute Gasteiger partial charge is 0.271 e. The topological polar surface area (TPSA) is 68.4 Å². The second-order valence-electron chi connectivity index (χ2n) is 5.40. The quantitative estimate of drug-likeness (QED) is 0.481. The monoisotopic (exact) mass is 287 g/mol. The molecule has 1 saturated heterocycles. The minimum Gasteiger partial charge on any atom is -0.345 e. The minimum atomic E-state index is -0.405. The van der Waals surface area contributed by atoms with E-state index in [1.165, 1.54) is 18.9 Å². The van der Waals surface area contributed by atoms with E-state index in [9.17, 15) is 14.9 Å². The third kappa shape index (κ3) is 2.67. The van der Waals surface area contributed by atoms with E-state index in [0.717, 1.165) is 43.4 Å². The van der Waals surface area contributed by atoms with Gasteiger partial charge in [0.25, 0.3) is 5.69 Å². The molecule has 2 aromatic rings. The van der Waals surface area contributed by atoms with Crippen LogP contribution in [0.15, 0.2) is 24.4 Å². The summed E-state index contributed by atoms with van der Waals surface area (Å²) in [6.07, 6.45) is 5.06. The molecule has 6 heteroatoms. The fraction of sp³-hybridized carbons (Fsp3) is 0.400. The maximum Gasteiger partial charge on any atom is 0.271 e. The molecule has 0 atom stereocenters. The first-order valence-electron chi connectivity index (χ1n) is 7.14. The van der Waals surface area contributed by atoms with Gasteiger partial charge in [0.1, 0.15) is 0 Å². The van der Waals surface area contributed by atoms with Gasteiger partial charge in [0, 0.05) is 42.4 Å². The molecule has 21 heavy (non-hydrogen) atoms. The van der Waals surface area contributed by atoms with Gasteiger partial charge in [-0.2, -0.15) is 0 Å². The standard InChI is InChI=1S/C15H17N3O3/c19-11-12-10-17(8-7-16-5-1-2-6-16)15-9-13(18(20)21)3-4-14(12)15/h3-4,9-11H,1-2,5-8H2. The van der Waals surface area contributed by atoms with Crippen LogP contribution in [0.5, 0.6) is 0 Å². The molecule has 0 radical (unpaired) electrons. The maximum absolute atomic E-state index is 11.2. The van der Waals surface area contributed by atoms with Crippen LogP contribution in [0.4, 0.5) is 5.69 Å². The molecule has 0 aliphatic carbocycles. The molecule has 3 rings (SSSR count). The summed E-state index contributed by atoms with van der Waals surface area (Å²) in [6.45, 7) is 3.87. The second-order valence-corrected chi connectivity index (χ2v) is 5.40. The van der Waals surface area contributed by atoms with Crippen LogP contribution in [0.3, 0.4) is 0 Å². The van der Waals surface area contributed by atoms with Gasteiger partial charge in [-0.15, -0.1) is 0 Å². The van der Waals surface area contributed by atoms with E-state index in [-0.39, 0.29) is 5.69 Å². The lowest BCUT2D eigenvalue weighted by molar-refractivity contribution is -0.384. The van der Waals surface area contributed by atoms with Gasteiger partial charge < -0.3 is 9.47 Å². The molecule has 1 aromatic carbocycles. The van der Waals surface area contributed by atoms with Gasteiger partial charge in [0.15, 0.2) is 6.29 Å². The van der Waals surface area contributed by atoms with Crippen LogP contribution in [0, 0.1) is 10.1 Å². The first-order chi connectivity index (χ1) is 10.2. The number of non-ortho nitro benzene ring substituents is 1. The van der Waals surface area contributed by atoms with Crippen molar-refractivity contribution >= 4 is 22.9 Å².